The number of hydrogen-bond donors (Lipinski definition) is 1. The van der Waals surface area contributed by atoms with E-state index in [9.17, 15) is 4.79 Å². The van der Waals surface area contributed by atoms with E-state index < -0.39 is 0 Å². The molecule has 0 fully saturated rings. The predicted molar refractivity (Wildman–Crippen MR) is 92.8 cm³/mol. The number of H-pyrrole nitrogens is 1. The second-order valence-electron chi connectivity index (χ2n) is 5.97. The van der Waals surface area contributed by atoms with Crippen LogP contribution in [0.25, 0.3) is 0 Å². The Hall–Kier alpha value is -1.85. The molecule has 2 rings (SSSR count). The van der Waals surface area contributed by atoms with Gasteiger partial charge >= 0.3 is 0 Å². The second-order valence-corrected chi connectivity index (χ2v) is 6.38. The fourth-order valence-electron chi connectivity index (χ4n) is 2.21. The molecule has 0 aliphatic rings. The van der Waals surface area contributed by atoms with Crippen LogP contribution in [-0.2, 0) is 6.54 Å². The first-order chi connectivity index (χ1) is 10.9. The molecule has 23 heavy (non-hydrogen) atoms. The number of carbonyl (C=O) groups is 1. The van der Waals surface area contributed by atoms with Crippen LogP contribution in [-0.4, -0.2) is 52.9 Å². The number of carbonyl (C=O) groups excluding carboxylic acids is 1. The van der Waals surface area contributed by atoms with E-state index in [1.807, 2.05) is 45.0 Å². The molecule has 6 heteroatoms. The van der Waals surface area contributed by atoms with Gasteiger partial charge in [-0.15, -0.1) is 0 Å². The highest BCUT2D eigenvalue weighted by Gasteiger charge is 2.18. The summed E-state index contributed by atoms with van der Waals surface area (Å²) in [5, 5.41) is 0.611. The lowest BCUT2D eigenvalue weighted by Crippen LogP contribution is -2.36. The normalized spacial score (nSPS) is 11.0. The van der Waals surface area contributed by atoms with Crippen LogP contribution in [0, 0.1) is 13.8 Å². The third-order valence-corrected chi connectivity index (χ3v) is 4.21. The first kappa shape index (κ1) is 17.5. The molecule has 5 nitrogen and oxygen atoms in total. The number of aromatic nitrogens is 2. The lowest BCUT2D eigenvalue weighted by atomic mass is 10.1. The van der Waals surface area contributed by atoms with Crippen molar-refractivity contribution >= 4 is 17.5 Å². The molecule has 0 radical (unpaired) electrons. The molecule has 1 N–H and O–H groups in total. The number of aromatic amines is 1. The van der Waals surface area contributed by atoms with E-state index >= 15 is 0 Å². The zero-order valence-electron chi connectivity index (χ0n) is 14.1. The number of hydrogen-bond acceptors (Lipinski definition) is 3. The SMILES string of the molecule is Cc1ccc(C(=O)N(CCN(C)C)Cc2nc[nH]c2C)cc1Cl. The number of nitrogens with zero attached hydrogens (tertiary/aromatic N) is 3. The van der Waals surface area contributed by atoms with Gasteiger partial charge in [0.25, 0.3) is 5.91 Å². The third-order valence-electron chi connectivity index (χ3n) is 3.80. The van der Waals surface area contributed by atoms with Crippen molar-refractivity contribution in [3.63, 3.8) is 0 Å². The lowest BCUT2D eigenvalue weighted by molar-refractivity contribution is 0.0730. The van der Waals surface area contributed by atoms with Crippen LogP contribution in [0.4, 0.5) is 0 Å². The highest BCUT2D eigenvalue weighted by Crippen LogP contribution is 2.19. The molecule has 1 aromatic carbocycles. The summed E-state index contributed by atoms with van der Waals surface area (Å²) in [5.74, 6) is -0.0313. The molecule has 0 saturated carbocycles. The van der Waals surface area contributed by atoms with Crippen LogP contribution in [0.3, 0.4) is 0 Å². The van der Waals surface area contributed by atoms with Crippen molar-refractivity contribution < 1.29 is 4.79 Å². The molecule has 0 bridgehead atoms. The molecule has 0 spiro atoms. The van der Waals surface area contributed by atoms with Gasteiger partial charge in [-0.25, -0.2) is 4.98 Å². The van der Waals surface area contributed by atoms with E-state index in [2.05, 4.69) is 14.9 Å². The zero-order chi connectivity index (χ0) is 17.0. The Kier molecular flexibility index (Phi) is 5.80. The van der Waals surface area contributed by atoms with E-state index in [0.717, 1.165) is 23.5 Å². The van der Waals surface area contributed by atoms with Crippen LogP contribution < -0.4 is 0 Å². The molecule has 0 unspecified atom stereocenters. The maximum atomic E-state index is 12.9. The standard InChI is InChI=1S/C17H23ClN4O/c1-12-5-6-14(9-15(12)18)17(23)22(8-7-21(3)4)10-16-13(2)19-11-20-16/h5-6,9,11H,7-8,10H2,1-4H3,(H,19,20). The minimum absolute atomic E-state index is 0.0313. The van der Waals surface area contributed by atoms with Crippen molar-refractivity contribution in [3.05, 3.63) is 52.1 Å². The number of nitrogens with one attached hydrogen (secondary N) is 1. The van der Waals surface area contributed by atoms with Crippen LogP contribution in [0.2, 0.25) is 5.02 Å². The Bertz CT molecular complexity index is 681. The number of rotatable bonds is 6. The van der Waals surface area contributed by atoms with Crippen molar-refractivity contribution in [2.45, 2.75) is 20.4 Å². The largest absolute Gasteiger partial charge is 0.348 e. The minimum Gasteiger partial charge on any atom is -0.348 e. The van der Waals surface area contributed by atoms with Crippen molar-refractivity contribution in [1.29, 1.82) is 0 Å². The minimum atomic E-state index is -0.0313. The molecule has 1 heterocycles. The van der Waals surface area contributed by atoms with Crippen LogP contribution in [0.1, 0.15) is 27.3 Å². The van der Waals surface area contributed by atoms with Gasteiger partial charge in [-0.05, 0) is 45.6 Å². The van der Waals surface area contributed by atoms with Crippen molar-refractivity contribution in [1.82, 2.24) is 19.8 Å². The van der Waals surface area contributed by atoms with Gasteiger partial charge in [0.15, 0.2) is 0 Å². The average Bonchev–Trinajstić information content (AvgIpc) is 2.90. The topological polar surface area (TPSA) is 52.2 Å². The summed E-state index contributed by atoms with van der Waals surface area (Å²) in [6.07, 6.45) is 1.65. The maximum absolute atomic E-state index is 12.9. The summed E-state index contributed by atoms with van der Waals surface area (Å²) in [6, 6.07) is 5.43. The summed E-state index contributed by atoms with van der Waals surface area (Å²) in [4.78, 5) is 24.1. The number of amides is 1. The summed E-state index contributed by atoms with van der Waals surface area (Å²) >= 11 is 6.16. The van der Waals surface area contributed by atoms with Gasteiger partial charge in [-0.3, -0.25) is 4.79 Å². The first-order valence-corrected chi connectivity index (χ1v) is 7.95. The van der Waals surface area contributed by atoms with Crippen LogP contribution in [0.15, 0.2) is 24.5 Å². The Morgan fingerprint density at radius 3 is 2.57 bits per heavy atom. The van der Waals surface area contributed by atoms with Gasteiger partial charge in [0.05, 0.1) is 18.6 Å². The van der Waals surface area contributed by atoms with E-state index in [-0.39, 0.29) is 5.91 Å². The molecule has 1 amide bonds. The van der Waals surface area contributed by atoms with E-state index in [1.54, 1.807) is 12.4 Å². The maximum Gasteiger partial charge on any atom is 0.254 e. The van der Waals surface area contributed by atoms with Gasteiger partial charge in [-0.2, -0.15) is 0 Å². The Morgan fingerprint density at radius 2 is 2.00 bits per heavy atom. The molecule has 124 valence electrons. The van der Waals surface area contributed by atoms with Gasteiger partial charge in [-0.1, -0.05) is 17.7 Å². The molecule has 0 aliphatic carbocycles. The quantitative estimate of drug-likeness (QED) is 0.883. The van der Waals surface area contributed by atoms with Crippen molar-refractivity contribution in [2.75, 3.05) is 27.2 Å². The van der Waals surface area contributed by atoms with Gasteiger partial charge in [0.1, 0.15) is 0 Å². The number of benzene rings is 1. The zero-order valence-corrected chi connectivity index (χ0v) is 14.8. The summed E-state index contributed by atoms with van der Waals surface area (Å²) in [5.41, 5.74) is 3.43. The smallest absolute Gasteiger partial charge is 0.254 e. The fourth-order valence-corrected chi connectivity index (χ4v) is 2.39. The highest BCUT2D eigenvalue weighted by molar-refractivity contribution is 6.31. The van der Waals surface area contributed by atoms with Crippen LogP contribution in [0.5, 0.6) is 0 Å². The number of imidazole rings is 1. The molecule has 0 aliphatic heterocycles. The van der Waals surface area contributed by atoms with E-state index in [0.29, 0.717) is 23.7 Å². The Balaban J connectivity index is 2.22. The number of aryl methyl sites for hydroxylation is 2. The van der Waals surface area contributed by atoms with Crippen molar-refractivity contribution in [3.8, 4) is 0 Å². The summed E-state index contributed by atoms with van der Waals surface area (Å²) in [6.45, 7) is 5.78. The Morgan fingerprint density at radius 1 is 1.26 bits per heavy atom. The van der Waals surface area contributed by atoms with Gasteiger partial charge in [0, 0.05) is 29.4 Å². The highest BCUT2D eigenvalue weighted by atomic mass is 35.5. The summed E-state index contributed by atoms with van der Waals surface area (Å²) in [7, 11) is 3.98. The monoisotopic (exact) mass is 334 g/mol. The molecule has 2 aromatic rings. The van der Waals surface area contributed by atoms with E-state index in [1.165, 1.54) is 0 Å². The molecular weight excluding hydrogens is 312 g/mol. The number of likely N-dealkylation sites (N-methyl/N-ethyl adjacent to an activating group) is 1. The molecule has 0 atom stereocenters. The van der Waals surface area contributed by atoms with Gasteiger partial charge < -0.3 is 14.8 Å². The fraction of sp³-hybridized carbons (Fsp3) is 0.412. The molecule has 1 aromatic heterocycles. The number of halogens is 1. The molecule has 0 saturated heterocycles. The van der Waals surface area contributed by atoms with E-state index in [4.69, 9.17) is 11.6 Å². The summed E-state index contributed by atoms with van der Waals surface area (Å²) < 4.78 is 0. The first-order valence-electron chi connectivity index (χ1n) is 7.57. The predicted octanol–water partition coefficient (Wildman–Crippen LogP) is 2.88. The second kappa shape index (κ2) is 7.62. The third kappa shape index (κ3) is 4.56. The molecular formula is C17H23ClN4O. The lowest BCUT2D eigenvalue weighted by Gasteiger charge is -2.24. The van der Waals surface area contributed by atoms with Crippen molar-refractivity contribution in [2.24, 2.45) is 0 Å². The Labute approximate surface area is 142 Å². The van der Waals surface area contributed by atoms with Crippen LogP contribution >= 0.6 is 11.6 Å². The van der Waals surface area contributed by atoms with Gasteiger partial charge in [0.2, 0.25) is 0 Å². The average molecular weight is 335 g/mol.